The van der Waals surface area contributed by atoms with Crippen molar-refractivity contribution in [3.8, 4) is 0 Å². The number of rotatable bonds is 4. The summed E-state index contributed by atoms with van der Waals surface area (Å²) in [7, 11) is 0. The molecule has 4 rings (SSSR count). The van der Waals surface area contributed by atoms with Crippen LogP contribution in [-0.2, 0) is 14.4 Å². The summed E-state index contributed by atoms with van der Waals surface area (Å²) in [6.07, 6.45) is -0.705. The van der Waals surface area contributed by atoms with Crippen LogP contribution in [0.5, 0.6) is 0 Å². The minimum Gasteiger partial charge on any atom is -0.479 e. The number of Topliss-reactive ketones (excluding diaryl/α,β-unsaturated/α-hetero) is 1. The van der Waals surface area contributed by atoms with Crippen LogP contribution in [0, 0.1) is 34.0 Å². The van der Waals surface area contributed by atoms with Crippen LogP contribution >= 0.6 is 34.8 Å². The standard InChI is InChI=1S/C24H28Cl3FO6/c1-10-4-11-12-5-15(28)13-6-16(30)14(25)7-22(13,3)24(12,27)17(26)8-21(11,2)23(10,18(31)9-29)19(32)20(33)34/h6-7,10-12,15,17,19,29,32H,4-5,8-9H2,1-3H3,(H,33,34)/t10-,11-,12-,15-,17-,19?,21-,22-,23+,24-/m0/s1. The maximum absolute atomic E-state index is 15.7. The van der Waals surface area contributed by atoms with E-state index in [2.05, 4.69) is 0 Å². The van der Waals surface area contributed by atoms with E-state index in [0.29, 0.717) is 0 Å². The minimum absolute atomic E-state index is 0.0405. The Bertz CT molecular complexity index is 1030. The van der Waals surface area contributed by atoms with Gasteiger partial charge in [-0.25, -0.2) is 9.18 Å². The van der Waals surface area contributed by atoms with Gasteiger partial charge < -0.3 is 15.3 Å². The highest BCUT2D eigenvalue weighted by molar-refractivity contribution is 6.45. The lowest BCUT2D eigenvalue weighted by molar-refractivity contribution is -0.181. The van der Waals surface area contributed by atoms with E-state index in [1.807, 2.05) is 0 Å². The second kappa shape index (κ2) is 8.01. The molecule has 1 unspecified atom stereocenters. The maximum Gasteiger partial charge on any atom is 0.333 e. The first-order valence-electron chi connectivity index (χ1n) is 11.3. The molecular weight excluding hydrogens is 510 g/mol. The third-order valence-electron chi connectivity index (χ3n) is 9.63. The SMILES string of the molecule is C[C@H]1C[C@H]2[C@@H]3C[C@H](F)C4=CC(=O)C(Cl)=C[C@]4(C)[C@@]3(Cl)[C@@H](Cl)C[C@]2(C)[C@]1(C(=O)CO)C(O)C(=O)O. The zero-order chi connectivity index (χ0) is 25.6. The Hall–Kier alpha value is -0.990. The Morgan fingerprint density at radius 1 is 1.26 bits per heavy atom. The number of hydrogen-bond donors (Lipinski definition) is 3. The predicted octanol–water partition coefficient (Wildman–Crippen LogP) is 3.63. The number of fused-ring (bicyclic) bond motifs is 5. The summed E-state index contributed by atoms with van der Waals surface area (Å²) in [6.45, 7) is 4.12. The van der Waals surface area contributed by atoms with Crippen LogP contribution in [0.4, 0.5) is 4.39 Å². The molecule has 4 aliphatic rings. The van der Waals surface area contributed by atoms with Gasteiger partial charge in [0.1, 0.15) is 12.8 Å². The summed E-state index contributed by atoms with van der Waals surface area (Å²) >= 11 is 20.6. The zero-order valence-corrected chi connectivity index (χ0v) is 21.3. The van der Waals surface area contributed by atoms with Gasteiger partial charge in [0.25, 0.3) is 0 Å². The summed E-state index contributed by atoms with van der Waals surface area (Å²) in [4.78, 5) is 36.2. The molecule has 10 atom stereocenters. The summed E-state index contributed by atoms with van der Waals surface area (Å²) in [5.74, 6) is -4.62. The monoisotopic (exact) mass is 536 g/mol. The lowest BCUT2D eigenvalue weighted by atomic mass is 9.43. The number of allylic oxidation sites excluding steroid dienone is 4. The molecule has 34 heavy (non-hydrogen) atoms. The number of hydrogen-bond acceptors (Lipinski definition) is 5. The summed E-state index contributed by atoms with van der Waals surface area (Å²) in [6, 6.07) is 0. The van der Waals surface area contributed by atoms with Crippen LogP contribution in [0.15, 0.2) is 22.8 Å². The molecule has 0 spiro atoms. The Labute approximate surface area is 212 Å². The van der Waals surface area contributed by atoms with Crippen molar-refractivity contribution < 1.29 is 34.1 Å². The highest BCUT2D eigenvalue weighted by atomic mass is 35.5. The minimum atomic E-state index is -2.08. The van der Waals surface area contributed by atoms with E-state index in [0.717, 1.165) is 0 Å². The van der Waals surface area contributed by atoms with Crippen LogP contribution < -0.4 is 0 Å². The lowest BCUT2D eigenvalue weighted by Crippen LogP contribution is -2.69. The van der Waals surface area contributed by atoms with Crippen molar-refractivity contribution in [2.75, 3.05) is 6.61 Å². The highest BCUT2D eigenvalue weighted by Crippen LogP contribution is 2.75. The van der Waals surface area contributed by atoms with E-state index in [-0.39, 0.29) is 29.9 Å². The van der Waals surface area contributed by atoms with Gasteiger partial charge in [-0.2, -0.15) is 0 Å². The fourth-order valence-electron chi connectivity index (χ4n) is 8.24. The van der Waals surface area contributed by atoms with Crippen LogP contribution in [-0.4, -0.2) is 62.0 Å². The summed E-state index contributed by atoms with van der Waals surface area (Å²) in [5.41, 5.74) is -4.01. The zero-order valence-electron chi connectivity index (χ0n) is 19.0. The van der Waals surface area contributed by atoms with Gasteiger partial charge >= 0.3 is 5.97 Å². The Kier molecular flexibility index (Phi) is 6.14. The van der Waals surface area contributed by atoms with E-state index >= 15 is 4.39 Å². The quantitative estimate of drug-likeness (QED) is 0.472. The molecule has 188 valence electrons. The molecule has 0 radical (unpaired) electrons. The number of carboxylic acid groups (broad SMARTS) is 1. The topological polar surface area (TPSA) is 112 Å². The second-order valence-corrected chi connectivity index (χ2v) is 12.3. The number of ketones is 2. The number of carboxylic acids is 1. The van der Waals surface area contributed by atoms with Gasteiger partial charge in [0.05, 0.1) is 20.7 Å². The maximum atomic E-state index is 15.7. The van der Waals surface area contributed by atoms with Crippen molar-refractivity contribution in [1.82, 2.24) is 0 Å². The van der Waals surface area contributed by atoms with Crippen molar-refractivity contribution >= 4 is 52.3 Å². The Balaban J connectivity index is 1.93. The van der Waals surface area contributed by atoms with Crippen LogP contribution in [0.1, 0.15) is 40.0 Å². The van der Waals surface area contributed by atoms with Gasteiger partial charge in [0, 0.05) is 5.41 Å². The molecule has 10 heteroatoms. The molecule has 0 aliphatic heterocycles. The fraction of sp³-hybridized carbons (Fsp3) is 0.708. The third-order valence-corrected chi connectivity index (χ3v) is 11.5. The van der Waals surface area contributed by atoms with Gasteiger partial charge in [-0.1, -0.05) is 32.4 Å². The van der Waals surface area contributed by atoms with Crippen molar-refractivity contribution in [3.63, 3.8) is 0 Å². The van der Waals surface area contributed by atoms with Gasteiger partial charge in [0.2, 0.25) is 0 Å². The lowest BCUT2D eigenvalue weighted by Gasteiger charge is -2.65. The molecule has 0 heterocycles. The van der Waals surface area contributed by atoms with E-state index in [9.17, 15) is 29.7 Å². The van der Waals surface area contributed by atoms with E-state index < -0.39 is 80.7 Å². The molecule has 0 saturated heterocycles. The molecule has 3 saturated carbocycles. The van der Waals surface area contributed by atoms with Crippen molar-refractivity contribution in [2.24, 2.45) is 34.0 Å². The van der Waals surface area contributed by atoms with Crippen molar-refractivity contribution in [3.05, 3.63) is 22.8 Å². The van der Waals surface area contributed by atoms with Crippen LogP contribution in [0.2, 0.25) is 0 Å². The largest absolute Gasteiger partial charge is 0.479 e. The average Bonchev–Trinajstić information content (AvgIpc) is 2.98. The Morgan fingerprint density at radius 3 is 2.44 bits per heavy atom. The number of aliphatic hydroxyl groups excluding tert-OH is 2. The van der Waals surface area contributed by atoms with Crippen LogP contribution in [0.3, 0.4) is 0 Å². The number of aliphatic carboxylic acids is 1. The average molecular weight is 538 g/mol. The number of carbonyl (C=O) groups is 3. The van der Waals surface area contributed by atoms with Crippen molar-refractivity contribution in [1.29, 1.82) is 0 Å². The molecule has 0 bridgehead atoms. The highest BCUT2D eigenvalue weighted by Gasteiger charge is 2.77. The summed E-state index contributed by atoms with van der Waals surface area (Å²) in [5, 5.41) is 29.5. The molecular formula is C24H28Cl3FO6. The van der Waals surface area contributed by atoms with Crippen LogP contribution in [0.25, 0.3) is 0 Å². The molecule has 6 nitrogen and oxygen atoms in total. The van der Waals surface area contributed by atoms with E-state index in [1.165, 1.54) is 12.2 Å². The Morgan fingerprint density at radius 2 is 1.88 bits per heavy atom. The normalized spacial score (nSPS) is 48.7. The number of alkyl halides is 3. The predicted molar refractivity (Wildman–Crippen MR) is 125 cm³/mol. The first-order chi connectivity index (χ1) is 15.6. The van der Waals surface area contributed by atoms with Gasteiger partial charge in [-0.15, -0.1) is 23.2 Å². The number of carbonyl (C=O) groups excluding carboxylic acids is 2. The molecule has 0 amide bonds. The molecule has 0 aromatic rings. The molecule has 3 N–H and O–H groups in total. The smallest absolute Gasteiger partial charge is 0.333 e. The third kappa shape index (κ3) is 2.85. The molecule has 4 aliphatic carbocycles. The molecule has 0 aromatic heterocycles. The second-order valence-electron chi connectivity index (χ2n) is 10.8. The van der Waals surface area contributed by atoms with Gasteiger partial charge in [-0.05, 0) is 60.2 Å². The molecule has 3 fully saturated rings. The van der Waals surface area contributed by atoms with Gasteiger partial charge in [0.15, 0.2) is 17.7 Å². The van der Waals surface area contributed by atoms with E-state index in [1.54, 1.807) is 20.8 Å². The first kappa shape index (κ1) is 26.1. The van der Waals surface area contributed by atoms with Gasteiger partial charge in [-0.3, -0.25) is 9.59 Å². The first-order valence-corrected chi connectivity index (χ1v) is 12.5. The summed E-state index contributed by atoms with van der Waals surface area (Å²) < 4.78 is 15.7. The fourth-order valence-corrected chi connectivity index (χ4v) is 9.70. The number of halogens is 4. The van der Waals surface area contributed by atoms with E-state index in [4.69, 9.17) is 34.8 Å². The van der Waals surface area contributed by atoms with Crippen molar-refractivity contribution in [2.45, 2.75) is 62.6 Å². The number of aliphatic hydroxyl groups is 2. The molecule has 0 aromatic carbocycles.